The van der Waals surface area contributed by atoms with Gasteiger partial charge in [0.1, 0.15) is 0 Å². The number of nitrogens with zero attached hydrogens (tertiary/aromatic N) is 2. The van der Waals surface area contributed by atoms with Gasteiger partial charge in [0.05, 0.1) is 15.8 Å². The van der Waals surface area contributed by atoms with E-state index in [-0.39, 0.29) is 0 Å². The van der Waals surface area contributed by atoms with E-state index in [0.717, 1.165) is 36.6 Å². The van der Waals surface area contributed by atoms with Crippen molar-refractivity contribution in [3.8, 4) is 0 Å². The fourth-order valence-corrected chi connectivity index (χ4v) is 4.20. The molecule has 0 spiro atoms. The summed E-state index contributed by atoms with van der Waals surface area (Å²) in [6.07, 6.45) is 2.08. The third kappa shape index (κ3) is 2.79. The molecule has 2 heterocycles. The highest BCUT2D eigenvalue weighted by Crippen LogP contribution is 2.35. The second kappa shape index (κ2) is 5.25. The van der Waals surface area contributed by atoms with E-state index in [0.29, 0.717) is 5.92 Å². The van der Waals surface area contributed by atoms with E-state index in [1.54, 1.807) is 11.3 Å². The van der Waals surface area contributed by atoms with Crippen LogP contribution in [-0.2, 0) is 0 Å². The molecule has 1 N–H and O–H groups in total. The maximum absolute atomic E-state index is 10.1. The van der Waals surface area contributed by atoms with Gasteiger partial charge in [-0.05, 0) is 63.6 Å². The lowest BCUT2D eigenvalue weighted by Gasteiger charge is -2.37. The molecule has 1 aromatic carbocycles. The fraction of sp³-hybridized carbons (Fsp3) is 0.588. The Morgan fingerprint density at radius 3 is 2.52 bits per heavy atom. The predicted octanol–water partition coefficient (Wildman–Crippen LogP) is 3.90. The smallest absolute Gasteiger partial charge is 0.186 e. The van der Waals surface area contributed by atoms with Gasteiger partial charge in [0.2, 0.25) is 0 Å². The number of piperidine rings is 1. The monoisotopic (exact) mass is 304 g/mol. The zero-order valence-electron chi connectivity index (χ0n) is 13.3. The van der Waals surface area contributed by atoms with E-state index in [1.807, 2.05) is 13.8 Å². The third-order valence-electron chi connectivity index (χ3n) is 4.84. The van der Waals surface area contributed by atoms with Crippen molar-refractivity contribution >= 4 is 26.7 Å². The molecule has 21 heavy (non-hydrogen) atoms. The highest BCUT2D eigenvalue weighted by Gasteiger charge is 2.31. The van der Waals surface area contributed by atoms with Gasteiger partial charge in [0.25, 0.3) is 0 Å². The fourth-order valence-electron chi connectivity index (χ4n) is 3.13. The molecule has 0 atom stereocenters. The maximum atomic E-state index is 10.1. The molecule has 2 aromatic rings. The summed E-state index contributed by atoms with van der Waals surface area (Å²) in [6.45, 7) is 10.1. The summed E-state index contributed by atoms with van der Waals surface area (Å²) in [6, 6.07) is 4.36. The van der Waals surface area contributed by atoms with Gasteiger partial charge in [-0.3, -0.25) is 0 Å². The summed E-state index contributed by atoms with van der Waals surface area (Å²) in [5.41, 5.74) is 3.19. The Balaban J connectivity index is 1.81. The van der Waals surface area contributed by atoms with Gasteiger partial charge in [-0.25, -0.2) is 4.98 Å². The number of hydrogen-bond donors (Lipinski definition) is 1. The second-order valence-corrected chi connectivity index (χ2v) is 7.77. The average molecular weight is 304 g/mol. The normalized spacial score (nSPS) is 17.7. The molecule has 1 aliphatic heterocycles. The minimum atomic E-state index is -0.562. The Hall–Kier alpha value is -1.13. The third-order valence-corrected chi connectivity index (χ3v) is 5.92. The van der Waals surface area contributed by atoms with E-state index >= 15 is 0 Å². The van der Waals surface area contributed by atoms with Crippen LogP contribution in [0.25, 0.3) is 10.2 Å². The standard InChI is InChI=1S/C17H24N2OS/c1-11-5-6-14-15(12(11)2)18-16(21-14)19-9-7-13(8-10-19)17(3,4)20/h5-6,13,20H,7-10H2,1-4H3. The highest BCUT2D eigenvalue weighted by molar-refractivity contribution is 7.22. The van der Waals surface area contributed by atoms with Crippen LogP contribution < -0.4 is 4.90 Å². The number of benzene rings is 1. The van der Waals surface area contributed by atoms with E-state index < -0.39 is 5.60 Å². The number of rotatable bonds is 2. The Bertz CT molecular complexity index is 649. The van der Waals surface area contributed by atoms with Crippen molar-refractivity contribution in [2.24, 2.45) is 5.92 Å². The summed E-state index contributed by atoms with van der Waals surface area (Å²) in [4.78, 5) is 7.24. The van der Waals surface area contributed by atoms with E-state index in [4.69, 9.17) is 4.98 Å². The van der Waals surface area contributed by atoms with Crippen LogP contribution >= 0.6 is 11.3 Å². The molecule has 0 bridgehead atoms. The van der Waals surface area contributed by atoms with Crippen molar-refractivity contribution in [2.75, 3.05) is 18.0 Å². The topological polar surface area (TPSA) is 36.4 Å². The minimum absolute atomic E-state index is 0.395. The molecule has 4 heteroatoms. The number of aryl methyl sites for hydroxylation is 2. The highest BCUT2D eigenvalue weighted by atomic mass is 32.1. The van der Waals surface area contributed by atoms with Gasteiger partial charge in [0.15, 0.2) is 5.13 Å². The van der Waals surface area contributed by atoms with Crippen LogP contribution in [0, 0.1) is 19.8 Å². The molecule has 1 fully saturated rings. The lowest BCUT2D eigenvalue weighted by atomic mass is 9.83. The number of hydrogen-bond acceptors (Lipinski definition) is 4. The van der Waals surface area contributed by atoms with E-state index in [9.17, 15) is 5.11 Å². The molecule has 1 saturated heterocycles. The van der Waals surface area contributed by atoms with Gasteiger partial charge in [-0.15, -0.1) is 0 Å². The summed E-state index contributed by atoms with van der Waals surface area (Å²) in [5.74, 6) is 0.395. The van der Waals surface area contributed by atoms with E-state index in [2.05, 4.69) is 30.9 Å². The van der Waals surface area contributed by atoms with Gasteiger partial charge in [0, 0.05) is 13.1 Å². The number of thiazole rings is 1. The Labute approximate surface area is 130 Å². The zero-order valence-corrected chi connectivity index (χ0v) is 14.1. The zero-order chi connectivity index (χ0) is 15.2. The Morgan fingerprint density at radius 1 is 1.24 bits per heavy atom. The molecule has 114 valence electrons. The van der Waals surface area contributed by atoms with E-state index in [1.165, 1.54) is 15.8 Å². The molecule has 0 radical (unpaired) electrons. The number of anilines is 1. The summed E-state index contributed by atoms with van der Waals surface area (Å²) in [7, 11) is 0. The van der Waals surface area contributed by atoms with Crippen LogP contribution in [-0.4, -0.2) is 28.8 Å². The Kier molecular flexibility index (Phi) is 3.70. The average Bonchev–Trinajstić information content (AvgIpc) is 2.87. The molecule has 0 aliphatic carbocycles. The van der Waals surface area contributed by atoms with Gasteiger partial charge >= 0.3 is 0 Å². The predicted molar refractivity (Wildman–Crippen MR) is 90.3 cm³/mol. The molecule has 0 saturated carbocycles. The van der Waals surface area contributed by atoms with Crippen molar-refractivity contribution in [3.63, 3.8) is 0 Å². The Morgan fingerprint density at radius 2 is 1.90 bits per heavy atom. The van der Waals surface area contributed by atoms with Gasteiger partial charge in [-0.1, -0.05) is 17.4 Å². The molecule has 1 aliphatic rings. The molecule has 1 aromatic heterocycles. The number of aromatic nitrogens is 1. The lowest BCUT2D eigenvalue weighted by Crippen LogP contribution is -2.41. The van der Waals surface area contributed by atoms with Gasteiger partial charge < -0.3 is 10.0 Å². The maximum Gasteiger partial charge on any atom is 0.186 e. The minimum Gasteiger partial charge on any atom is -0.390 e. The van der Waals surface area contributed by atoms with Crippen molar-refractivity contribution in [3.05, 3.63) is 23.3 Å². The van der Waals surface area contributed by atoms with Crippen molar-refractivity contribution < 1.29 is 5.11 Å². The van der Waals surface area contributed by atoms with Crippen LogP contribution in [0.3, 0.4) is 0 Å². The summed E-state index contributed by atoms with van der Waals surface area (Å²) < 4.78 is 1.28. The number of fused-ring (bicyclic) bond motifs is 1. The SMILES string of the molecule is Cc1ccc2sc(N3CCC(C(C)(C)O)CC3)nc2c1C. The molecule has 3 rings (SSSR count). The molecular weight excluding hydrogens is 280 g/mol. The number of aliphatic hydroxyl groups is 1. The summed E-state index contributed by atoms with van der Waals surface area (Å²) in [5, 5.41) is 11.3. The van der Waals surface area contributed by atoms with Crippen molar-refractivity contribution in [2.45, 2.75) is 46.1 Å². The first kappa shape index (κ1) is 14.8. The molecule has 0 amide bonds. The van der Waals surface area contributed by atoms with Crippen molar-refractivity contribution in [1.82, 2.24) is 4.98 Å². The summed E-state index contributed by atoms with van der Waals surface area (Å²) >= 11 is 1.79. The van der Waals surface area contributed by atoms with Crippen LogP contribution in [0.1, 0.15) is 37.8 Å². The van der Waals surface area contributed by atoms with Crippen LogP contribution in [0.5, 0.6) is 0 Å². The molecular formula is C17H24N2OS. The quantitative estimate of drug-likeness (QED) is 0.914. The van der Waals surface area contributed by atoms with Crippen LogP contribution in [0.15, 0.2) is 12.1 Å². The van der Waals surface area contributed by atoms with Crippen LogP contribution in [0.2, 0.25) is 0 Å². The van der Waals surface area contributed by atoms with Crippen LogP contribution in [0.4, 0.5) is 5.13 Å². The van der Waals surface area contributed by atoms with Gasteiger partial charge in [-0.2, -0.15) is 0 Å². The molecule has 3 nitrogen and oxygen atoms in total. The first-order valence-electron chi connectivity index (χ1n) is 7.70. The first-order valence-corrected chi connectivity index (χ1v) is 8.52. The largest absolute Gasteiger partial charge is 0.390 e. The second-order valence-electron chi connectivity index (χ2n) is 6.77. The first-order chi connectivity index (χ1) is 9.86. The lowest BCUT2D eigenvalue weighted by molar-refractivity contribution is 0.00651. The van der Waals surface area contributed by atoms with Crippen molar-refractivity contribution in [1.29, 1.82) is 0 Å². The molecule has 0 unspecified atom stereocenters.